The number of fused-ring (bicyclic) bond motifs is 1. The molecule has 3 aromatic rings. The number of halogens is 3. The molecule has 0 unspecified atom stereocenters. The van der Waals surface area contributed by atoms with Gasteiger partial charge in [-0.3, -0.25) is 4.57 Å². The molecule has 1 saturated heterocycles. The van der Waals surface area contributed by atoms with Gasteiger partial charge in [-0.2, -0.15) is 4.98 Å². The van der Waals surface area contributed by atoms with Crippen molar-refractivity contribution in [3.63, 3.8) is 0 Å². The van der Waals surface area contributed by atoms with Gasteiger partial charge in [-0.25, -0.2) is 4.39 Å². The van der Waals surface area contributed by atoms with Gasteiger partial charge in [-0.05, 0) is 42.8 Å². The Hall–Kier alpha value is -1.82. The van der Waals surface area contributed by atoms with E-state index in [1.54, 1.807) is 12.1 Å². The minimum atomic E-state index is -0.223. The number of rotatable bonds is 4. The zero-order valence-corrected chi connectivity index (χ0v) is 16.7. The number of nitrogens with zero attached hydrogens (tertiary/aromatic N) is 2. The van der Waals surface area contributed by atoms with E-state index in [1.165, 1.54) is 12.1 Å². The van der Waals surface area contributed by atoms with E-state index < -0.39 is 0 Å². The lowest BCUT2D eigenvalue weighted by Crippen LogP contribution is -2.41. The van der Waals surface area contributed by atoms with E-state index in [0.29, 0.717) is 18.5 Å². The molecule has 0 aliphatic carbocycles. The van der Waals surface area contributed by atoms with Crippen molar-refractivity contribution in [3.8, 4) is 6.01 Å². The van der Waals surface area contributed by atoms with Crippen LogP contribution in [0.1, 0.15) is 18.9 Å². The van der Waals surface area contributed by atoms with Crippen molar-refractivity contribution in [2.75, 3.05) is 13.1 Å². The molecule has 0 amide bonds. The minimum absolute atomic E-state index is 0. The monoisotopic (exact) mass is 411 g/mol. The Morgan fingerprint density at radius 2 is 1.89 bits per heavy atom. The lowest BCUT2D eigenvalue weighted by atomic mass is 9.98. The molecule has 146 valence electrons. The van der Waals surface area contributed by atoms with Gasteiger partial charge in [0.05, 0.1) is 17.6 Å². The summed E-state index contributed by atoms with van der Waals surface area (Å²) in [6.45, 7) is 4.73. The third-order valence-electron chi connectivity index (χ3n) is 4.84. The minimum Gasteiger partial charge on any atom is -0.461 e. The topological polar surface area (TPSA) is 39.1 Å². The zero-order valence-electron chi connectivity index (χ0n) is 15.1. The lowest BCUT2D eigenvalue weighted by molar-refractivity contribution is 0.0976. The first kappa shape index (κ1) is 21.5. The second kappa shape index (κ2) is 9.40. The van der Waals surface area contributed by atoms with Crippen LogP contribution in [0.2, 0.25) is 0 Å². The molecule has 7 heteroatoms. The molecule has 1 aliphatic rings. The maximum Gasteiger partial charge on any atom is 0.297 e. The highest BCUT2D eigenvalue weighted by Crippen LogP contribution is 2.26. The van der Waals surface area contributed by atoms with Crippen molar-refractivity contribution >= 4 is 35.8 Å². The van der Waals surface area contributed by atoms with Gasteiger partial charge < -0.3 is 10.1 Å². The van der Waals surface area contributed by atoms with E-state index in [1.807, 2.05) is 24.3 Å². The number of aromatic nitrogens is 2. The smallest absolute Gasteiger partial charge is 0.297 e. The third kappa shape index (κ3) is 4.72. The Labute approximate surface area is 170 Å². The number of nitrogens with one attached hydrogen (secondary N) is 1. The standard InChI is InChI=1S/C20H22FN3O.2ClH/c1-14-12-22-11-10-19(14)25-20-23-17-4-2-3-5-18(17)24(20)13-15-6-8-16(21)9-7-15;;/h2-9,14,19,22H,10-13H2,1H3;2*1H/t14-,19-;;/m0../s1. The average molecular weight is 412 g/mol. The molecule has 4 rings (SSSR count). The highest BCUT2D eigenvalue weighted by Gasteiger charge is 2.25. The fourth-order valence-electron chi connectivity index (χ4n) is 3.37. The summed E-state index contributed by atoms with van der Waals surface area (Å²) in [5, 5.41) is 3.39. The largest absolute Gasteiger partial charge is 0.461 e. The van der Waals surface area contributed by atoms with Gasteiger partial charge in [0.25, 0.3) is 6.01 Å². The summed E-state index contributed by atoms with van der Waals surface area (Å²) < 4.78 is 21.6. The summed E-state index contributed by atoms with van der Waals surface area (Å²) in [7, 11) is 0. The van der Waals surface area contributed by atoms with Crippen LogP contribution in [0.5, 0.6) is 6.01 Å². The van der Waals surface area contributed by atoms with E-state index in [2.05, 4.69) is 16.8 Å². The SMILES string of the molecule is C[C@H]1CNCC[C@@H]1Oc1nc2ccccc2n1Cc1ccc(F)cc1.Cl.Cl. The number of hydrogen-bond acceptors (Lipinski definition) is 3. The maximum absolute atomic E-state index is 13.2. The van der Waals surface area contributed by atoms with E-state index in [9.17, 15) is 4.39 Å². The van der Waals surface area contributed by atoms with Crippen molar-refractivity contribution in [2.45, 2.75) is 26.0 Å². The van der Waals surface area contributed by atoms with Crippen LogP contribution < -0.4 is 10.1 Å². The summed E-state index contributed by atoms with van der Waals surface area (Å²) in [5.41, 5.74) is 2.97. The summed E-state index contributed by atoms with van der Waals surface area (Å²) >= 11 is 0. The van der Waals surface area contributed by atoms with E-state index in [4.69, 9.17) is 9.72 Å². The molecule has 0 bridgehead atoms. The van der Waals surface area contributed by atoms with Gasteiger partial charge in [-0.15, -0.1) is 24.8 Å². The number of imidazole rings is 1. The van der Waals surface area contributed by atoms with Crippen LogP contribution >= 0.6 is 24.8 Å². The Balaban J connectivity index is 0.00000131. The lowest BCUT2D eigenvalue weighted by Gasteiger charge is -2.29. The predicted molar refractivity (Wildman–Crippen MR) is 111 cm³/mol. The molecule has 1 aliphatic heterocycles. The van der Waals surface area contributed by atoms with Crippen LogP contribution in [0.25, 0.3) is 11.0 Å². The number of ether oxygens (including phenoxy) is 1. The van der Waals surface area contributed by atoms with Crippen LogP contribution in [0.4, 0.5) is 4.39 Å². The number of benzene rings is 2. The highest BCUT2D eigenvalue weighted by atomic mass is 35.5. The van der Waals surface area contributed by atoms with Crippen LogP contribution in [0, 0.1) is 11.7 Å². The van der Waals surface area contributed by atoms with Gasteiger partial charge in [0.1, 0.15) is 11.9 Å². The number of hydrogen-bond donors (Lipinski definition) is 1. The Morgan fingerprint density at radius 3 is 2.63 bits per heavy atom. The molecule has 0 saturated carbocycles. The fourth-order valence-corrected chi connectivity index (χ4v) is 3.37. The number of piperidine rings is 1. The van der Waals surface area contributed by atoms with Crippen molar-refractivity contribution in [1.29, 1.82) is 0 Å². The van der Waals surface area contributed by atoms with Gasteiger partial charge in [-0.1, -0.05) is 31.2 Å². The highest BCUT2D eigenvalue weighted by molar-refractivity contribution is 5.85. The summed E-state index contributed by atoms with van der Waals surface area (Å²) in [5.74, 6) is 0.215. The summed E-state index contributed by atoms with van der Waals surface area (Å²) in [6.07, 6.45) is 1.13. The first-order valence-electron chi connectivity index (χ1n) is 8.78. The van der Waals surface area contributed by atoms with Crippen LogP contribution in [0.15, 0.2) is 48.5 Å². The first-order chi connectivity index (χ1) is 12.2. The molecule has 1 N–H and O–H groups in total. The quantitative estimate of drug-likeness (QED) is 0.689. The fraction of sp³-hybridized carbons (Fsp3) is 0.350. The average Bonchev–Trinajstić information content (AvgIpc) is 2.96. The van der Waals surface area contributed by atoms with Gasteiger partial charge in [0.15, 0.2) is 0 Å². The van der Waals surface area contributed by atoms with E-state index in [0.717, 1.165) is 36.1 Å². The Kier molecular flexibility index (Phi) is 7.48. The van der Waals surface area contributed by atoms with Crippen molar-refractivity contribution in [1.82, 2.24) is 14.9 Å². The maximum atomic E-state index is 13.2. The second-order valence-electron chi connectivity index (χ2n) is 6.72. The van der Waals surface area contributed by atoms with Crippen molar-refractivity contribution in [3.05, 3.63) is 59.9 Å². The molecule has 0 radical (unpaired) electrons. The van der Waals surface area contributed by atoms with Crippen molar-refractivity contribution in [2.24, 2.45) is 5.92 Å². The van der Waals surface area contributed by atoms with Gasteiger partial charge in [0.2, 0.25) is 0 Å². The Morgan fingerprint density at radius 1 is 1.15 bits per heavy atom. The molecule has 1 aromatic heterocycles. The van der Waals surface area contributed by atoms with Gasteiger partial charge in [0, 0.05) is 12.5 Å². The predicted octanol–water partition coefficient (Wildman–Crippen LogP) is 4.44. The molecule has 27 heavy (non-hydrogen) atoms. The molecule has 2 atom stereocenters. The van der Waals surface area contributed by atoms with Gasteiger partial charge >= 0.3 is 0 Å². The molecule has 2 heterocycles. The molecule has 2 aromatic carbocycles. The third-order valence-corrected chi connectivity index (χ3v) is 4.84. The summed E-state index contributed by atoms with van der Waals surface area (Å²) in [4.78, 5) is 4.70. The van der Waals surface area contributed by atoms with Crippen molar-refractivity contribution < 1.29 is 9.13 Å². The second-order valence-corrected chi connectivity index (χ2v) is 6.72. The molecular weight excluding hydrogens is 388 g/mol. The van der Waals surface area contributed by atoms with E-state index in [-0.39, 0.29) is 36.7 Å². The molecular formula is C20H24Cl2FN3O. The molecule has 0 spiro atoms. The molecule has 4 nitrogen and oxygen atoms in total. The summed E-state index contributed by atoms with van der Waals surface area (Å²) in [6, 6.07) is 15.3. The zero-order chi connectivity index (χ0) is 17.2. The normalized spacial score (nSPS) is 19.2. The van der Waals surface area contributed by atoms with Crippen LogP contribution in [-0.2, 0) is 6.54 Å². The van der Waals surface area contributed by atoms with Crippen LogP contribution in [0.3, 0.4) is 0 Å². The van der Waals surface area contributed by atoms with Crippen LogP contribution in [-0.4, -0.2) is 28.7 Å². The molecule has 1 fully saturated rings. The Bertz CT molecular complexity index is 869. The number of para-hydroxylation sites is 2. The first-order valence-corrected chi connectivity index (χ1v) is 8.78. The van der Waals surface area contributed by atoms with E-state index >= 15 is 0 Å².